The van der Waals surface area contributed by atoms with E-state index in [1.165, 1.54) is 12.0 Å². The Bertz CT molecular complexity index is 457. The van der Waals surface area contributed by atoms with Gasteiger partial charge in [-0.05, 0) is 24.9 Å². The number of benzene rings is 1. The average Bonchev–Trinajstić information content (AvgIpc) is 2.45. The van der Waals surface area contributed by atoms with Crippen LogP contribution in [0.2, 0.25) is 0 Å². The fourth-order valence-electron chi connectivity index (χ4n) is 3.12. The predicted molar refractivity (Wildman–Crippen MR) is 77.1 cm³/mol. The monoisotopic (exact) mass is 274 g/mol. The molecule has 108 valence electrons. The maximum absolute atomic E-state index is 12.5. The van der Waals surface area contributed by atoms with Crippen molar-refractivity contribution in [3.05, 3.63) is 35.9 Å². The highest BCUT2D eigenvalue weighted by atomic mass is 16.3. The molecule has 1 unspecified atom stereocenters. The minimum Gasteiger partial charge on any atom is -0.389 e. The van der Waals surface area contributed by atoms with E-state index in [0.717, 1.165) is 25.9 Å². The Morgan fingerprint density at radius 3 is 2.65 bits per heavy atom. The summed E-state index contributed by atoms with van der Waals surface area (Å²) < 4.78 is 0. The fourth-order valence-corrected chi connectivity index (χ4v) is 3.12. The number of carbonyl (C=O) groups excluding carboxylic acids is 1. The second-order valence-electron chi connectivity index (χ2n) is 5.86. The molecule has 2 aliphatic rings. The molecule has 20 heavy (non-hydrogen) atoms. The molecule has 1 aromatic carbocycles. The Hall–Kier alpha value is -1.39. The topological polar surface area (TPSA) is 43.8 Å². The molecule has 1 N–H and O–H groups in total. The normalized spacial score (nSPS) is 24.4. The van der Waals surface area contributed by atoms with Crippen LogP contribution in [0, 0.1) is 0 Å². The SMILES string of the molecule is O=C(C1CCCCN1Cc1ccccc1)N1CC(O)C1. The van der Waals surface area contributed by atoms with Crippen molar-refractivity contribution < 1.29 is 9.90 Å². The Kier molecular flexibility index (Phi) is 4.03. The van der Waals surface area contributed by atoms with Crippen molar-refractivity contribution >= 4 is 5.91 Å². The highest BCUT2D eigenvalue weighted by Gasteiger charge is 2.36. The standard InChI is InChI=1S/C16H22N2O2/c19-14-11-18(12-14)16(20)15-8-4-5-9-17(15)10-13-6-2-1-3-7-13/h1-3,6-7,14-15,19H,4-5,8-12H2. The van der Waals surface area contributed by atoms with E-state index in [0.29, 0.717) is 13.1 Å². The molecule has 3 rings (SSSR count). The first-order valence-electron chi connectivity index (χ1n) is 7.49. The van der Waals surface area contributed by atoms with Crippen LogP contribution in [0.5, 0.6) is 0 Å². The maximum atomic E-state index is 12.5. The smallest absolute Gasteiger partial charge is 0.240 e. The van der Waals surface area contributed by atoms with Crippen molar-refractivity contribution in [3.63, 3.8) is 0 Å². The summed E-state index contributed by atoms with van der Waals surface area (Å²) in [5, 5.41) is 9.36. The minimum atomic E-state index is -0.315. The zero-order valence-electron chi connectivity index (χ0n) is 11.7. The van der Waals surface area contributed by atoms with Gasteiger partial charge in [-0.15, -0.1) is 0 Å². The highest BCUT2D eigenvalue weighted by molar-refractivity contribution is 5.82. The molecule has 0 aromatic heterocycles. The lowest BCUT2D eigenvalue weighted by atomic mass is 9.98. The van der Waals surface area contributed by atoms with E-state index in [4.69, 9.17) is 0 Å². The molecular formula is C16H22N2O2. The summed E-state index contributed by atoms with van der Waals surface area (Å²) in [4.78, 5) is 16.6. The lowest BCUT2D eigenvalue weighted by molar-refractivity contribution is -0.148. The largest absolute Gasteiger partial charge is 0.389 e. The summed E-state index contributed by atoms with van der Waals surface area (Å²) in [5.41, 5.74) is 1.26. The molecule has 1 atom stereocenters. The fraction of sp³-hybridized carbons (Fsp3) is 0.562. The zero-order chi connectivity index (χ0) is 13.9. The number of aliphatic hydroxyl groups excluding tert-OH is 1. The predicted octanol–water partition coefficient (Wildman–Crippen LogP) is 1.24. The molecule has 1 amide bonds. The van der Waals surface area contributed by atoms with Gasteiger partial charge < -0.3 is 10.0 Å². The second kappa shape index (κ2) is 5.94. The first-order valence-corrected chi connectivity index (χ1v) is 7.49. The Balaban J connectivity index is 1.66. The van der Waals surface area contributed by atoms with E-state index < -0.39 is 0 Å². The van der Waals surface area contributed by atoms with Crippen LogP contribution in [0.3, 0.4) is 0 Å². The first kappa shape index (κ1) is 13.6. The van der Waals surface area contributed by atoms with Gasteiger partial charge in [0.2, 0.25) is 5.91 Å². The van der Waals surface area contributed by atoms with Crippen LogP contribution in [0.1, 0.15) is 24.8 Å². The lowest BCUT2D eigenvalue weighted by Gasteiger charge is -2.42. The van der Waals surface area contributed by atoms with Gasteiger partial charge in [0.15, 0.2) is 0 Å². The summed E-state index contributed by atoms with van der Waals surface area (Å²) in [7, 11) is 0. The third-order valence-electron chi connectivity index (χ3n) is 4.30. The van der Waals surface area contributed by atoms with Gasteiger partial charge in [0, 0.05) is 19.6 Å². The van der Waals surface area contributed by atoms with Gasteiger partial charge in [0.1, 0.15) is 0 Å². The minimum absolute atomic E-state index is 0.00328. The van der Waals surface area contributed by atoms with Gasteiger partial charge in [0.25, 0.3) is 0 Å². The van der Waals surface area contributed by atoms with Crippen molar-refractivity contribution in [2.75, 3.05) is 19.6 Å². The molecule has 2 aliphatic heterocycles. The van der Waals surface area contributed by atoms with E-state index in [2.05, 4.69) is 17.0 Å². The number of β-amino-alcohol motifs (C(OH)–C–C–N with tert-alkyl or cyclic N) is 1. The number of nitrogens with zero attached hydrogens (tertiary/aromatic N) is 2. The lowest BCUT2D eigenvalue weighted by Crippen LogP contribution is -2.59. The van der Waals surface area contributed by atoms with Gasteiger partial charge in [-0.25, -0.2) is 0 Å². The summed E-state index contributed by atoms with van der Waals surface area (Å²) >= 11 is 0. The number of amides is 1. The summed E-state index contributed by atoms with van der Waals surface area (Å²) in [6.45, 7) is 2.85. The van der Waals surface area contributed by atoms with Crippen molar-refractivity contribution in [1.29, 1.82) is 0 Å². The summed E-state index contributed by atoms with van der Waals surface area (Å²) in [6, 6.07) is 10.3. The number of piperidine rings is 1. The molecule has 4 heteroatoms. The Labute approximate surface area is 120 Å². The third kappa shape index (κ3) is 2.86. The van der Waals surface area contributed by atoms with Crippen molar-refractivity contribution in [2.45, 2.75) is 38.0 Å². The number of hydrogen-bond acceptors (Lipinski definition) is 3. The molecule has 2 saturated heterocycles. The number of carbonyl (C=O) groups is 1. The first-order chi connectivity index (χ1) is 9.74. The van der Waals surface area contributed by atoms with Crippen molar-refractivity contribution in [2.24, 2.45) is 0 Å². The van der Waals surface area contributed by atoms with E-state index in [9.17, 15) is 9.90 Å². The molecule has 1 aromatic rings. The van der Waals surface area contributed by atoms with Gasteiger partial charge in [0.05, 0.1) is 12.1 Å². The van der Waals surface area contributed by atoms with Crippen LogP contribution in [0.15, 0.2) is 30.3 Å². The van der Waals surface area contributed by atoms with E-state index in [1.54, 1.807) is 4.90 Å². The van der Waals surface area contributed by atoms with Crippen LogP contribution in [-0.2, 0) is 11.3 Å². The van der Waals surface area contributed by atoms with E-state index >= 15 is 0 Å². The van der Waals surface area contributed by atoms with Gasteiger partial charge in [-0.2, -0.15) is 0 Å². The second-order valence-corrected chi connectivity index (χ2v) is 5.86. The van der Waals surface area contributed by atoms with Gasteiger partial charge in [-0.1, -0.05) is 36.8 Å². The molecule has 0 saturated carbocycles. The van der Waals surface area contributed by atoms with Gasteiger partial charge in [-0.3, -0.25) is 9.69 Å². The summed E-state index contributed by atoms with van der Waals surface area (Å²) in [5.74, 6) is 0.200. The number of hydrogen-bond donors (Lipinski definition) is 1. The zero-order valence-corrected chi connectivity index (χ0v) is 11.7. The maximum Gasteiger partial charge on any atom is 0.240 e. The average molecular weight is 274 g/mol. The molecular weight excluding hydrogens is 252 g/mol. The van der Waals surface area contributed by atoms with Crippen molar-refractivity contribution in [1.82, 2.24) is 9.80 Å². The molecule has 0 radical (unpaired) electrons. The van der Waals surface area contributed by atoms with E-state index in [-0.39, 0.29) is 18.1 Å². The van der Waals surface area contributed by atoms with Crippen LogP contribution in [0.25, 0.3) is 0 Å². The molecule has 0 spiro atoms. The van der Waals surface area contributed by atoms with Crippen LogP contribution < -0.4 is 0 Å². The quantitative estimate of drug-likeness (QED) is 0.902. The van der Waals surface area contributed by atoms with Crippen LogP contribution >= 0.6 is 0 Å². The molecule has 0 aliphatic carbocycles. The van der Waals surface area contributed by atoms with E-state index in [1.807, 2.05) is 18.2 Å². The Morgan fingerprint density at radius 2 is 1.95 bits per heavy atom. The third-order valence-corrected chi connectivity index (χ3v) is 4.30. The molecule has 0 bridgehead atoms. The van der Waals surface area contributed by atoms with Crippen LogP contribution in [0.4, 0.5) is 0 Å². The number of rotatable bonds is 3. The van der Waals surface area contributed by atoms with Crippen LogP contribution in [-0.4, -0.2) is 52.6 Å². The van der Waals surface area contributed by atoms with Crippen molar-refractivity contribution in [3.8, 4) is 0 Å². The Morgan fingerprint density at radius 1 is 1.20 bits per heavy atom. The highest BCUT2D eigenvalue weighted by Crippen LogP contribution is 2.23. The molecule has 4 nitrogen and oxygen atoms in total. The summed E-state index contributed by atoms with van der Waals surface area (Å²) in [6.07, 6.45) is 2.92. The van der Waals surface area contributed by atoms with Gasteiger partial charge >= 0.3 is 0 Å². The number of likely N-dealkylation sites (tertiary alicyclic amines) is 2. The molecule has 2 fully saturated rings. The molecule has 2 heterocycles. The number of aliphatic hydroxyl groups is 1.